The summed E-state index contributed by atoms with van der Waals surface area (Å²) in [4.78, 5) is 39.4. The first-order valence-electron chi connectivity index (χ1n) is 10.4. The highest BCUT2D eigenvalue weighted by molar-refractivity contribution is 8.18. The zero-order valence-electron chi connectivity index (χ0n) is 18.2. The van der Waals surface area contributed by atoms with Crippen LogP contribution in [0.5, 0.6) is 0 Å². The fourth-order valence-electron chi connectivity index (χ4n) is 3.62. The number of ether oxygens (including phenoxy) is 1. The minimum absolute atomic E-state index is 0.0995. The van der Waals surface area contributed by atoms with E-state index in [9.17, 15) is 14.4 Å². The molecule has 1 saturated heterocycles. The van der Waals surface area contributed by atoms with Crippen molar-refractivity contribution in [1.82, 2.24) is 14.8 Å². The summed E-state index contributed by atoms with van der Waals surface area (Å²) in [6.07, 6.45) is 3.51. The van der Waals surface area contributed by atoms with Crippen molar-refractivity contribution in [1.29, 1.82) is 0 Å². The van der Waals surface area contributed by atoms with E-state index in [-0.39, 0.29) is 30.1 Å². The average molecular weight is 518 g/mol. The molecule has 1 N–H and O–H groups in total. The lowest BCUT2D eigenvalue weighted by Crippen LogP contribution is -2.30. The topological polar surface area (TPSA) is 80.6 Å². The Morgan fingerprint density at radius 1 is 1.15 bits per heavy atom. The maximum Gasteiger partial charge on any atom is 0.293 e. The Morgan fingerprint density at radius 2 is 1.94 bits per heavy atom. The van der Waals surface area contributed by atoms with Crippen LogP contribution >= 0.6 is 35.0 Å². The van der Waals surface area contributed by atoms with E-state index in [2.05, 4.69) is 5.32 Å². The van der Waals surface area contributed by atoms with Gasteiger partial charge in [0, 0.05) is 36.3 Å². The Morgan fingerprint density at radius 3 is 2.71 bits per heavy atom. The van der Waals surface area contributed by atoms with Crippen LogP contribution in [0.3, 0.4) is 0 Å². The number of hydrogen-bond donors (Lipinski definition) is 1. The van der Waals surface area contributed by atoms with Gasteiger partial charge < -0.3 is 14.6 Å². The zero-order valence-corrected chi connectivity index (χ0v) is 20.5. The number of carbonyl (C=O) groups excluding carboxylic acids is 3. The summed E-state index contributed by atoms with van der Waals surface area (Å²) in [5.41, 5.74) is 2.31. The normalized spacial score (nSPS) is 15.0. The van der Waals surface area contributed by atoms with Crippen molar-refractivity contribution in [3.63, 3.8) is 0 Å². The first-order valence-corrected chi connectivity index (χ1v) is 12.0. The number of methoxy groups -OCH3 is 1. The fraction of sp³-hybridized carbons (Fsp3) is 0.208. The second kappa shape index (κ2) is 10.7. The van der Waals surface area contributed by atoms with Crippen molar-refractivity contribution in [2.24, 2.45) is 0 Å². The average Bonchev–Trinajstić information content (AvgIpc) is 3.28. The molecule has 1 aromatic heterocycles. The van der Waals surface area contributed by atoms with Gasteiger partial charge in [0.25, 0.3) is 11.1 Å². The number of aromatic nitrogens is 1. The number of halogens is 2. The summed E-state index contributed by atoms with van der Waals surface area (Å²) in [5.74, 6) is -0.526. The summed E-state index contributed by atoms with van der Waals surface area (Å²) in [6.45, 7) is 1.08. The van der Waals surface area contributed by atoms with Gasteiger partial charge in [-0.15, -0.1) is 0 Å². The van der Waals surface area contributed by atoms with Gasteiger partial charge in [0.05, 0.1) is 28.1 Å². The van der Waals surface area contributed by atoms with Crippen LogP contribution in [0.15, 0.2) is 53.6 Å². The third-order valence-electron chi connectivity index (χ3n) is 5.25. The molecule has 1 aliphatic rings. The minimum atomic E-state index is -0.379. The van der Waals surface area contributed by atoms with Gasteiger partial charge in [-0.05, 0) is 41.6 Å². The maximum absolute atomic E-state index is 13.0. The molecule has 0 atom stereocenters. The van der Waals surface area contributed by atoms with Gasteiger partial charge in [-0.2, -0.15) is 0 Å². The molecular weight excluding hydrogens is 497 g/mol. The van der Waals surface area contributed by atoms with Crippen molar-refractivity contribution in [3.05, 3.63) is 74.7 Å². The van der Waals surface area contributed by atoms with Crippen LogP contribution in [-0.2, 0) is 27.4 Å². The lowest BCUT2D eigenvalue weighted by molar-refractivity contribution is -0.123. The lowest BCUT2D eigenvalue weighted by Gasteiger charge is -2.12. The van der Waals surface area contributed by atoms with Gasteiger partial charge in [-0.1, -0.05) is 47.5 Å². The summed E-state index contributed by atoms with van der Waals surface area (Å²) in [5, 5.41) is 4.09. The molecule has 4 rings (SSSR count). The van der Waals surface area contributed by atoms with Crippen molar-refractivity contribution in [2.75, 3.05) is 20.3 Å². The fourth-order valence-corrected chi connectivity index (χ4v) is 4.77. The molecule has 1 fully saturated rings. The second-order valence-corrected chi connectivity index (χ2v) is 9.40. The van der Waals surface area contributed by atoms with Crippen molar-refractivity contribution in [2.45, 2.75) is 13.1 Å². The smallest absolute Gasteiger partial charge is 0.293 e. The summed E-state index contributed by atoms with van der Waals surface area (Å²) < 4.78 is 6.78. The first kappa shape index (κ1) is 24.3. The number of para-hydroxylation sites is 1. The molecule has 0 aliphatic carbocycles. The van der Waals surface area contributed by atoms with Crippen LogP contribution in [0.4, 0.5) is 4.79 Å². The summed E-state index contributed by atoms with van der Waals surface area (Å²) >= 11 is 12.9. The van der Waals surface area contributed by atoms with Gasteiger partial charge in [0.1, 0.15) is 6.54 Å². The Balaban J connectivity index is 1.57. The van der Waals surface area contributed by atoms with Gasteiger partial charge in [-0.25, -0.2) is 0 Å². The standard InChI is InChI=1S/C24H21Cl2N3O4S/c1-33-9-8-27-22(30)14-28-13-16(17-4-2-3-5-20(17)28)11-21-23(31)29(24(32)34-21)12-15-6-7-18(25)19(26)10-15/h2-7,10-11,13H,8-9,12,14H2,1H3,(H,27,30)/b21-11-. The molecule has 0 bridgehead atoms. The zero-order chi connectivity index (χ0) is 24.2. The minimum Gasteiger partial charge on any atom is -0.383 e. The Labute approximate surface area is 210 Å². The molecule has 34 heavy (non-hydrogen) atoms. The predicted molar refractivity (Wildman–Crippen MR) is 135 cm³/mol. The predicted octanol–water partition coefficient (Wildman–Crippen LogP) is 4.95. The van der Waals surface area contributed by atoms with Crippen molar-refractivity contribution in [3.8, 4) is 0 Å². The molecule has 2 aromatic carbocycles. The van der Waals surface area contributed by atoms with E-state index in [0.29, 0.717) is 33.7 Å². The molecule has 10 heteroatoms. The van der Waals surface area contributed by atoms with E-state index >= 15 is 0 Å². The van der Waals surface area contributed by atoms with E-state index in [1.165, 1.54) is 4.90 Å². The number of benzene rings is 2. The van der Waals surface area contributed by atoms with Gasteiger partial charge in [0.15, 0.2) is 0 Å². The SMILES string of the molecule is COCCNC(=O)Cn1cc(/C=C2\SC(=O)N(Cc3ccc(Cl)c(Cl)c3)C2=O)c2ccccc21. The number of nitrogens with one attached hydrogen (secondary N) is 1. The molecule has 176 valence electrons. The van der Waals surface area contributed by atoms with Gasteiger partial charge in [-0.3, -0.25) is 19.3 Å². The Hall–Kier alpha value is -2.78. The quantitative estimate of drug-likeness (QED) is 0.337. The number of amides is 3. The molecule has 1 aliphatic heterocycles. The van der Waals surface area contributed by atoms with E-state index in [0.717, 1.165) is 28.2 Å². The van der Waals surface area contributed by atoms with Gasteiger partial charge >= 0.3 is 0 Å². The van der Waals surface area contributed by atoms with Crippen molar-refractivity contribution < 1.29 is 19.1 Å². The van der Waals surface area contributed by atoms with Gasteiger partial charge in [0.2, 0.25) is 5.91 Å². The monoisotopic (exact) mass is 517 g/mol. The number of hydrogen-bond acceptors (Lipinski definition) is 5. The van der Waals surface area contributed by atoms with E-state index < -0.39 is 0 Å². The second-order valence-electron chi connectivity index (χ2n) is 7.59. The molecule has 0 spiro atoms. The van der Waals surface area contributed by atoms with Crippen LogP contribution in [0.2, 0.25) is 10.0 Å². The van der Waals surface area contributed by atoms with E-state index in [1.807, 2.05) is 35.0 Å². The highest BCUT2D eigenvalue weighted by atomic mass is 35.5. The third-order valence-corrected chi connectivity index (χ3v) is 6.89. The first-order chi connectivity index (χ1) is 16.4. The molecule has 0 radical (unpaired) electrons. The molecule has 0 saturated carbocycles. The molecular formula is C24H21Cl2N3O4S. The number of nitrogens with zero attached hydrogens (tertiary/aromatic N) is 2. The molecule has 2 heterocycles. The van der Waals surface area contributed by atoms with Crippen molar-refractivity contribution >= 4 is 69.0 Å². The third kappa shape index (κ3) is 5.31. The number of fused-ring (bicyclic) bond motifs is 1. The Kier molecular flexibility index (Phi) is 7.63. The van der Waals surface area contributed by atoms with Crippen LogP contribution in [0, 0.1) is 0 Å². The molecule has 3 aromatic rings. The highest BCUT2D eigenvalue weighted by Crippen LogP contribution is 2.35. The number of thioether (sulfide) groups is 1. The van der Waals surface area contributed by atoms with Crippen LogP contribution in [0.25, 0.3) is 17.0 Å². The maximum atomic E-state index is 13.0. The summed E-state index contributed by atoms with van der Waals surface area (Å²) in [6, 6.07) is 12.6. The molecule has 3 amide bonds. The van der Waals surface area contributed by atoms with Crippen LogP contribution in [-0.4, -0.2) is 46.8 Å². The van der Waals surface area contributed by atoms with Crippen LogP contribution < -0.4 is 5.32 Å². The Bertz CT molecular complexity index is 1300. The number of imide groups is 1. The number of rotatable bonds is 8. The molecule has 0 unspecified atom stereocenters. The largest absolute Gasteiger partial charge is 0.383 e. The van der Waals surface area contributed by atoms with E-state index in [4.69, 9.17) is 27.9 Å². The molecule has 7 nitrogen and oxygen atoms in total. The van der Waals surface area contributed by atoms with E-state index in [1.54, 1.807) is 31.4 Å². The number of carbonyl (C=O) groups is 3. The highest BCUT2D eigenvalue weighted by Gasteiger charge is 2.35. The summed E-state index contributed by atoms with van der Waals surface area (Å²) in [7, 11) is 1.57. The van der Waals surface area contributed by atoms with Crippen LogP contribution in [0.1, 0.15) is 11.1 Å². The lowest BCUT2D eigenvalue weighted by atomic mass is 10.1.